The lowest BCUT2D eigenvalue weighted by Gasteiger charge is -2.14. The average molecular weight is 370 g/mol. The van der Waals surface area contributed by atoms with E-state index >= 15 is 0 Å². The summed E-state index contributed by atoms with van der Waals surface area (Å²) in [6.45, 7) is 0.0853. The van der Waals surface area contributed by atoms with E-state index < -0.39 is 16.0 Å². The molecule has 2 N–H and O–H groups in total. The van der Waals surface area contributed by atoms with Crippen molar-refractivity contribution in [3.05, 3.63) is 30.3 Å². The van der Waals surface area contributed by atoms with Gasteiger partial charge in [0.25, 0.3) is 10.0 Å². The average Bonchev–Trinajstić information content (AvgIpc) is 2.27. The predicted octanol–water partition coefficient (Wildman–Crippen LogP) is 1.01. The molecule has 0 aromatic heterocycles. The lowest BCUT2D eigenvalue weighted by Crippen LogP contribution is -2.36. The number of nitrogens with zero attached hydrogens (tertiary/aromatic N) is 1. The van der Waals surface area contributed by atoms with Gasteiger partial charge < -0.3 is 5.11 Å². The number of hydrogen-bond donors (Lipinski definition) is 2. The second-order valence-electron chi connectivity index (χ2n) is 3.14. The summed E-state index contributed by atoms with van der Waals surface area (Å²) >= 11 is 1.71. The highest BCUT2D eigenvalue weighted by Gasteiger charge is 2.16. The Balaban J connectivity index is 2.64. The van der Waals surface area contributed by atoms with Crippen LogP contribution in [-0.4, -0.2) is 29.3 Å². The summed E-state index contributed by atoms with van der Waals surface area (Å²) in [4.78, 5) is 12.7. The molecule has 0 bridgehead atoms. The van der Waals surface area contributed by atoms with Gasteiger partial charge in [0.2, 0.25) is 0 Å². The number of sulfonamides is 1. The number of aliphatic carboxylic acids is 1. The van der Waals surface area contributed by atoms with E-state index in [1.807, 2.05) is 0 Å². The van der Waals surface area contributed by atoms with Crippen molar-refractivity contribution in [2.24, 2.45) is 0 Å². The molecule has 1 rings (SSSR count). The van der Waals surface area contributed by atoms with Crippen molar-refractivity contribution in [2.75, 3.05) is 6.54 Å². The molecule has 0 aliphatic heterocycles. The van der Waals surface area contributed by atoms with Crippen LogP contribution in [0.4, 0.5) is 0 Å². The largest absolute Gasteiger partial charge is 0.481 e. The number of hydrazine groups is 1. The third-order valence-electron chi connectivity index (χ3n) is 1.79. The lowest BCUT2D eigenvalue weighted by atomic mass is 10.4. The number of rotatable bonds is 6. The van der Waals surface area contributed by atoms with E-state index in [0.29, 0.717) is 0 Å². The number of carbonyl (C=O) groups is 1. The molecule has 0 amide bonds. The maximum Gasteiger partial charge on any atom is 0.304 e. The fraction of sp³-hybridized carbons (Fsp3) is 0.222. The van der Waals surface area contributed by atoms with Crippen molar-refractivity contribution < 1.29 is 18.3 Å². The van der Waals surface area contributed by atoms with Crippen LogP contribution in [0.3, 0.4) is 0 Å². The van der Waals surface area contributed by atoms with Crippen molar-refractivity contribution in [1.29, 1.82) is 0 Å². The Bertz CT molecular complexity index is 477. The van der Waals surface area contributed by atoms with Gasteiger partial charge in [-0.25, -0.2) is 8.42 Å². The number of benzene rings is 1. The van der Waals surface area contributed by atoms with Gasteiger partial charge in [0.15, 0.2) is 0 Å². The predicted molar refractivity (Wildman–Crippen MR) is 69.7 cm³/mol. The molecule has 0 fully saturated rings. The molecule has 1 aromatic carbocycles. The van der Waals surface area contributed by atoms with Gasteiger partial charge in [0, 0.05) is 29.4 Å². The zero-order valence-electron chi connectivity index (χ0n) is 8.71. The second kappa shape index (κ2) is 6.28. The maximum atomic E-state index is 11.8. The van der Waals surface area contributed by atoms with Crippen molar-refractivity contribution in [2.45, 2.75) is 11.3 Å². The molecular weight excluding hydrogens is 359 g/mol. The SMILES string of the molecule is O=C(O)CCN(I)NS(=O)(=O)c1ccccc1. The van der Waals surface area contributed by atoms with Crippen LogP contribution in [0.1, 0.15) is 6.42 Å². The first-order chi connectivity index (χ1) is 7.92. The molecule has 0 unspecified atom stereocenters. The molecule has 0 aliphatic carbocycles. The summed E-state index contributed by atoms with van der Waals surface area (Å²) < 4.78 is 24.8. The van der Waals surface area contributed by atoms with E-state index in [4.69, 9.17) is 5.11 Å². The highest BCUT2D eigenvalue weighted by Crippen LogP contribution is 2.09. The molecule has 0 radical (unpaired) electrons. The topological polar surface area (TPSA) is 86.7 Å². The number of nitrogens with one attached hydrogen (secondary N) is 1. The van der Waals surface area contributed by atoms with Crippen LogP contribution in [0.5, 0.6) is 0 Å². The Kier molecular flexibility index (Phi) is 5.31. The highest BCUT2D eigenvalue weighted by molar-refractivity contribution is 14.1. The summed E-state index contributed by atoms with van der Waals surface area (Å²) in [5, 5.41) is 8.47. The Hall–Kier alpha value is -0.710. The first-order valence-electron chi connectivity index (χ1n) is 4.64. The summed E-state index contributed by atoms with van der Waals surface area (Å²) in [6.07, 6.45) is -0.139. The summed E-state index contributed by atoms with van der Waals surface area (Å²) in [6, 6.07) is 7.87. The lowest BCUT2D eigenvalue weighted by molar-refractivity contribution is -0.137. The summed E-state index contributed by atoms with van der Waals surface area (Å²) in [7, 11) is -3.63. The molecule has 6 nitrogen and oxygen atoms in total. The third kappa shape index (κ3) is 4.98. The van der Waals surface area contributed by atoms with Crippen LogP contribution in [0.25, 0.3) is 0 Å². The smallest absolute Gasteiger partial charge is 0.304 e. The zero-order valence-corrected chi connectivity index (χ0v) is 11.7. The minimum absolute atomic E-state index is 0.0853. The normalized spacial score (nSPS) is 11.6. The molecule has 1 aromatic rings. The molecule has 94 valence electrons. The molecule has 0 atom stereocenters. The first-order valence-corrected chi connectivity index (χ1v) is 7.09. The number of carboxylic acid groups (broad SMARTS) is 1. The van der Waals surface area contributed by atoms with Crippen molar-refractivity contribution >= 4 is 38.9 Å². The molecule has 8 heteroatoms. The minimum Gasteiger partial charge on any atom is -0.481 e. The number of carboxylic acids is 1. The van der Waals surface area contributed by atoms with Crippen LogP contribution in [0.2, 0.25) is 0 Å². The van der Waals surface area contributed by atoms with E-state index in [1.165, 1.54) is 15.4 Å². The molecule has 0 saturated carbocycles. The van der Waals surface area contributed by atoms with Gasteiger partial charge in [-0.15, -0.1) is 4.83 Å². The maximum absolute atomic E-state index is 11.8. The third-order valence-corrected chi connectivity index (χ3v) is 4.20. The molecule has 0 spiro atoms. The van der Waals surface area contributed by atoms with Gasteiger partial charge in [-0.1, -0.05) is 18.2 Å². The van der Waals surface area contributed by atoms with E-state index in [-0.39, 0.29) is 17.9 Å². The fourth-order valence-corrected chi connectivity index (χ4v) is 3.01. The Morgan fingerprint density at radius 1 is 1.35 bits per heavy atom. The Morgan fingerprint density at radius 2 is 1.94 bits per heavy atom. The van der Waals surface area contributed by atoms with Crippen LogP contribution in [-0.2, 0) is 14.8 Å². The van der Waals surface area contributed by atoms with Crippen molar-refractivity contribution in [3.63, 3.8) is 0 Å². The van der Waals surface area contributed by atoms with Crippen LogP contribution >= 0.6 is 22.9 Å². The summed E-state index contributed by atoms with van der Waals surface area (Å²) in [5.41, 5.74) is 0. The number of halogens is 1. The molecular formula is C9H11IN2O4S. The van der Waals surface area contributed by atoms with Gasteiger partial charge in [0.05, 0.1) is 11.3 Å². The molecule has 0 aliphatic rings. The first kappa shape index (κ1) is 14.4. The van der Waals surface area contributed by atoms with Crippen LogP contribution < -0.4 is 4.83 Å². The molecule has 17 heavy (non-hydrogen) atoms. The van der Waals surface area contributed by atoms with Crippen LogP contribution in [0, 0.1) is 0 Å². The van der Waals surface area contributed by atoms with Crippen LogP contribution in [0.15, 0.2) is 35.2 Å². The summed E-state index contributed by atoms with van der Waals surface area (Å²) in [5.74, 6) is -0.981. The Labute approximate surface area is 113 Å². The van der Waals surface area contributed by atoms with E-state index in [0.717, 1.165) is 0 Å². The van der Waals surface area contributed by atoms with Crippen molar-refractivity contribution in [1.82, 2.24) is 8.05 Å². The van der Waals surface area contributed by atoms with E-state index in [1.54, 1.807) is 41.1 Å². The minimum atomic E-state index is -3.63. The zero-order chi connectivity index (χ0) is 12.9. The highest BCUT2D eigenvalue weighted by atomic mass is 127. The molecule has 0 saturated heterocycles. The Morgan fingerprint density at radius 3 is 2.47 bits per heavy atom. The van der Waals surface area contributed by atoms with Gasteiger partial charge in [-0.3, -0.25) is 4.79 Å². The second-order valence-corrected chi connectivity index (χ2v) is 5.96. The standard InChI is InChI=1S/C9H11IN2O4S/c10-12(7-6-9(13)14)11-17(15,16)8-4-2-1-3-5-8/h1-5,11H,6-7H2,(H,13,14). The number of hydrogen-bond acceptors (Lipinski definition) is 4. The van der Waals surface area contributed by atoms with Gasteiger partial charge in [-0.2, -0.15) is 3.22 Å². The van der Waals surface area contributed by atoms with E-state index in [9.17, 15) is 13.2 Å². The van der Waals surface area contributed by atoms with Gasteiger partial charge >= 0.3 is 5.97 Å². The van der Waals surface area contributed by atoms with Gasteiger partial charge in [-0.05, 0) is 12.1 Å². The van der Waals surface area contributed by atoms with Gasteiger partial charge in [0.1, 0.15) is 0 Å². The van der Waals surface area contributed by atoms with Crippen molar-refractivity contribution in [3.8, 4) is 0 Å². The molecule has 0 heterocycles. The van der Waals surface area contributed by atoms with E-state index in [2.05, 4.69) is 4.83 Å². The fourth-order valence-electron chi connectivity index (χ4n) is 1.02. The monoisotopic (exact) mass is 370 g/mol. The quantitative estimate of drug-likeness (QED) is 0.444.